The summed E-state index contributed by atoms with van der Waals surface area (Å²) in [5.74, 6) is 0.322. The monoisotopic (exact) mass is 246 g/mol. The van der Waals surface area contributed by atoms with Crippen molar-refractivity contribution < 1.29 is 9.90 Å². The quantitative estimate of drug-likeness (QED) is 0.837. The largest absolute Gasteiger partial charge is 0.507 e. The van der Waals surface area contributed by atoms with Crippen molar-refractivity contribution in [2.75, 3.05) is 0 Å². The Bertz CT molecular complexity index is 577. The number of carbonyl (C=O) groups is 1. The molecule has 0 aliphatic rings. The number of phenols is 1. The average Bonchev–Trinajstić information content (AvgIpc) is 2.75. The van der Waals surface area contributed by atoms with Crippen LogP contribution < -0.4 is 5.32 Å². The van der Waals surface area contributed by atoms with E-state index >= 15 is 0 Å². The summed E-state index contributed by atoms with van der Waals surface area (Å²) >= 11 is 0. The fourth-order valence-corrected chi connectivity index (χ4v) is 1.56. The SMILES string of the molecule is Cc1cccc(C(=O)NCc2nncn2C)c1O. The molecule has 94 valence electrons. The molecule has 6 nitrogen and oxygen atoms in total. The van der Waals surface area contributed by atoms with Crippen molar-refractivity contribution >= 4 is 5.91 Å². The molecular formula is C12H14N4O2. The van der Waals surface area contributed by atoms with Gasteiger partial charge in [-0.15, -0.1) is 10.2 Å². The number of amides is 1. The van der Waals surface area contributed by atoms with Crippen LogP contribution in [0, 0.1) is 6.92 Å². The van der Waals surface area contributed by atoms with Gasteiger partial charge in [-0.3, -0.25) is 4.79 Å². The summed E-state index contributed by atoms with van der Waals surface area (Å²) in [4.78, 5) is 11.9. The molecule has 0 atom stereocenters. The third-order valence-electron chi connectivity index (χ3n) is 2.69. The zero-order chi connectivity index (χ0) is 13.1. The smallest absolute Gasteiger partial charge is 0.255 e. The topological polar surface area (TPSA) is 80.0 Å². The first-order valence-corrected chi connectivity index (χ1v) is 5.49. The molecule has 18 heavy (non-hydrogen) atoms. The van der Waals surface area contributed by atoms with Gasteiger partial charge >= 0.3 is 0 Å². The Morgan fingerprint density at radius 1 is 1.50 bits per heavy atom. The molecular weight excluding hydrogens is 232 g/mol. The number of benzene rings is 1. The van der Waals surface area contributed by atoms with Gasteiger partial charge in [-0.05, 0) is 18.6 Å². The number of rotatable bonds is 3. The number of hydrogen-bond donors (Lipinski definition) is 2. The van der Waals surface area contributed by atoms with Crippen LogP contribution in [0.4, 0.5) is 0 Å². The van der Waals surface area contributed by atoms with Gasteiger partial charge in [-0.25, -0.2) is 0 Å². The van der Waals surface area contributed by atoms with E-state index in [-0.39, 0.29) is 23.8 Å². The Balaban J connectivity index is 2.09. The van der Waals surface area contributed by atoms with Crippen LogP contribution in [0.2, 0.25) is 0 Å². The van der Waals surface area contributed by atoms with Crippen molar-refractivity contribution in [3.05, 3.63) is 41.5 Å². The number of phenolic OH excluding ortho intramolecular Hbond substituents is 1. The van der Waals surface area contributed by atoms with Gasteiger partial charge in [0, 0.05) is 7.05 Å². The zero-order valence-corrected chi connectivity index (χ0v) is 10.2. The van der Waals surface area contributed by atoms with E-state index in [1.165, 1.54) is 0 Å². The minimum atomic E-state index is -0.334. The third kappa shape index (κ3) is 2.32. The van der Waals surface area contributed by atoms with Gasteiger partial charge in [-0.2, -0.15) is 0 Å². The molecule has 0 saturated carbocycles. The molecule has 6 heteroatoms. The molecule has 0 unspecified atom stereocenters. The van der Waals surface area contributed by atoms with E-state index in [0.717, 1.165) is 0 Å². The standard InChI is InChI=1S/C12H14N4O2/c1-8-4-3-5-9(11(8)17)12(18)13-6-10-15-14-7-16(10)2/h3-5,7,17H,6H2,1-2H3,(H,13,18). The maximum absolute atomic E-state index is 11.9. The van der Waals surface area contributed by atoms with Crippen molar-refractivity contribution in [2.24, 2.45) is 7.05 Å². The summed E-state index contributed by atoms with van der Waals surface area (Å²) in [5.41, 5.74) is 0.929. The van der Waals surface area contributed by atoms with Crippen molar-refractivity contribution in [3.8, 4) is 5.75 Å². The van der Waals surface area contributed by atoms with Crippen molar-refractivity contribution in [3.63, 3.8) is 0 Å². The molecule has 1 aromatic heterocycles. The van der Waals surface area contributed by atoms with E-state index < -0.39 is 0 Å². The highest BCUT2D eigenvalue weighted by atomic mass is 16.3. The van der Waals surface area contributed by atoms with Gasteiger partial charge in [-0.1, -0.05) is 12.1 Å². The molecule has 1 amide bonds. The number of nitrogens with zero attached hydrogens (tertiary/aromatic N) is 3. The molecule has 0 bridgehead atoms. The number of carbonyl (C=O) groups excluding carboxylic acids is 1. The maximum Gasteiger partial charge on any atom is 0.255 e. The molecule has 1 aromatic carbocycles. The molecule has 0 saturated heterocycles. The lowest BCUT2D eigenvalue weighted by atomic mass is 10.1. The van der Waals surface area contributed by atoms with E-state index in [2.05, 4.69) is 15.5 Å². The van der Waals surface area contributed by atoms with Gasteiger partial charge in [0.15, 0.2) is 5.82 Å². The van der Waals surface area contributed by atoms with Crippen LogP contribution in [-0.2, 0) is 13.6 Å². The first-order chi connectivity index (χ1) is 8.59. The van der Waals surface area contributed by atoms with Gasteiger partial charge in [0.25, 0.3) is 5.91 Å². The number of para-hydroxylation sites is 1. The lowest BCUT2D eigenvalue weighted by molar-refractivity contribution is 0.0947. The minimum absolute atomic E-state index is 0.00738. The van der Waals surface area contributed by atoms with Gasteiger partial charge < -0.3 is 15.0 Å². The number of aromatic nitrogens is 3. The van der Waals surface area contributed by atoms with Crippen LogP contribution in [0.3, 0.4) is 0 Å². The Morgan fingerprint density at radius 2 is 2.28 bits per heavy atom. The van der Waals surface area contributed by atoms with Gasteiger partial charge in [0.05, 0.1) is 12.1 Å². The Morgan fingerprint density at radius 3 is 2.94 bits per heavy atom. The highest BCUT2D eigenvalue weighted by molar-refractivity contribution is 5.97. The number of aryl methyl sites for hydroxylation is 2. The van der Waals surface area contributed by atoms with Crippen molar-refractivity contribution in [1.29, 1.82) is 0 Å². The van der Waals surface area contributed by atoms with Gasteiger partial charge in [0.1, 0.15) is 12.1 Å². The highest BCUT2D eigenvalue weighted by Gasteiger charge is 2.12. The fourth-order valence-electron chi connectivity index (χ4n) is 1.56. The lowest BCUT2D eigenvalue weighted by Crippen LogP contribution is -2.24. The van der Waals surface area contributed by atoms with E-state index in [9.17, 15) is 9.90 Å². The Hall–Kier alpha value is -2.37. The summed E-state index contributed by atoms with van der Waals surface area (Å²) in [6, 6.07) is 5.05. The predicted octanol–water partition coefficient (Wildman–Crippen LogP) is 0.759. The summed E-state index contributed by atoms with van der Waals surface area (Å²) in [6.07, 6.45) is 1.56. The summed E-state index contributed by atoms with van der Waals surface area (Å²) in [6.45, 7) is 2.01. The van der Waals surface area contributed by atoms with E-state index in [0.29, 0.717) is 11.4 Å². The molecule has 0 aliphatic carbocycles. The fraction of sp³-hybridized carbons (Fsp3) is 0.250. The lowest BCUT2D eigenvalue weighted by Gasteiger charge is -2.07. The second kappa shape index (κ2) is 4.87. The summed E-state index contributed by atoms with van der Waals surface area (Å²) in [5, 5.41) is 20.0. The van der Waals surface area contributed by atoms with E-state index in [1.807, 2.05) is 0 Å². The Kier molecular flexibility index (Phi) is 3.27. The molecule has 2 rings (SSSR count). The van der Waals surface area contributed by atoms with E-state index in [1.54, 1.807) is 43.1 Å². The average molecular weight is 246 g/mol. The summed E-state index contributed by atoms with van der Waals surface area (Å²) in [7, 11) is 1.80. The molecule has 2 aromatic rings. The van der Waals surface area contributed by atoms with Crippen LogP contribution in [-0.4, -0.2) is 25.8 Å². The van der Waals surface area contributed by atoms with Crippen LogP contribution in [0.25, 0.3) is 0 Å². The van der Waals surface area contributed by atoms with Crippen LogP contribution in [0.5, 0.6) is 5.75 Å². The highest BCUT2D eigenvalue weighted by Crippen LogP contribution is 2.21. The van der Waals surface area contributed by atoms with Crippen LogP contribution in [0.1, 0.15) is 21.7 Å². The molecule has 0 spiro atoms. The number of nitrogens with one attached hydrogen (secondary N) is 1. The van der Waals surface area contributed by atoms with Crippen LogP contribution >= 0.6 is 0 Å². The second-order valence-corrected chi connectivity index (χ2v) is 4.01. The predicted molar refractivity (Wildman–Crippen MR) is 65.0 cm³/mol. The molecule has 1 heterocycles. The van der Waals surface area contributed by atoms with Gasteiger partial charge in [0.2, 0.25) is 0 Å². The second-order valence-electron chi connectivity index (χ2n) is 4.01. The third-order valence-corrected chi connectivity index (χ3v) is 2.69. The molecule has 0 radical (unpaired) electrons. The van der Waals surface area contributed by atoms with Crippen molar-refractivity contribution in [1.82, 2.24) is 20.1 Å². The van der Waals surface area contributed by atoms with E-state index in [4.69, 9.17) is 0 Å². The number of hydrogen-bond acceptors (Lipinski definition) is 4. The normalized spacial score (nSPS) is 10.3. The Labute approximate surface area is 104 Å². The number of aromatic hydroxyl groups is 1. The van der Waals surface area contributed by atoms with Crippen LogP contribution in [0.15, 0.2) is 24.5 Å². The minimum Gasteiger partial charge on any atom is -0.507 e. The first-order valence-electron chi connectivity index (χ1n) is 5.49. The molecule has 2 N–H and O–H groups in total. The zero-order valence-electron chi connectivity index (χ0n) is 10.2. The van der Waals surface area contributed by atoms with Crippen molar-refractivity contribution in [2.45, 2.75) is 13.5 Å². The first kappa shape index (κ1) is 12.1. The molecule has 0 fully saturated rings. The molecule has 0 aliphatic heterocycles. The summed E-state index contributed by atoms with van der Waals surface area (Å²) < 4.78 is 1.72. The maximum atomic E-state index is 11.9.